The Morgan fingerprint density at radius 1 is 0.839 bits per heavy atom. The Hall–Kier alpha value is -2.66. The highest BCUT2D eigenvalue weighted by atomic mass is 16.5. The third-order valence-electron chi connectivity index (χ3n) is 5.70. The molecule has 0 saturated carbocycles. The van der Waals surface area contributed by atoms with E-state index in [-0.39, 0.29) is 12.7 Å². The molecule has 3 aromatic carbocycles. The number of aliphatic hydroxyl groups excluding tert-OH is 1. The van der Waals surface area contributed by atoms with Crippen molar-refractivity contribution >= 4 is 0 Å². The SMILES string of the molecule is OCc1ccccc1CN(Cc1ccccc1)Cc1cccc(OCC2CCCO2)c1. The van der Waals surface area contributed by atoms with Gasteiger partial charge in [0.15, 0.2) is 0 Å². The quantitative estimate of drug-likeness (QED) is 0.507. The smallest absolute Gasteiger partial charge is 0.119 e. The normalized spacial score (nSPS) is 16.0. The van der Waals surface area contributed by atoms with Gasteiger partial charge in [-0.1, -0.05) is 66.7 Å². The summed E-state index contributed by atoms with van der Waals surface area (Å²) in [7, 11) is 0. The summed E-state index contributed by atoms with van der Waals surface area (Å²) in [5, 5.41) is 9.75. The molecule has 0 aromatic heterocycles. The van der Waals surface area contributed by atoms with Crippen LogP contribution in [-0.2, 0) is 31.0 Å². The van der Waals surface area contributed by atoms with Gasteiger partial charge in [-0.05, 0) is 47.2 Å². The van der Waals surface area contributed by atoms with Crippen LogP contribution in [0.2, 0.25) is 0 Å². The molecule has 4 heteroatoms. The minimum atomic E-state index is 0.0575. The Morgan fingerprint density at radius 2 is 1.58 bits per heavy atom. The maximum absolute atomic E-state index is 9.75. The third-order valence-corrected chi connectivity index (χ3v) is 5.70. The molecule has 1 N–H and O–H groups in total. The van der Waals surface area contributed by atoms with E-state index in [0.717, 1.165) is 56.0 Å². The highest BCUT2D eigenvalue weighted by Gasteiger charge is 2.16. The number of hydrogen-bond acceptors (Lipinski definition) is 4. The predicted octanol–water partition coefficient (Wildman–Crippen LogP) is 4.94. The van der Waals surface area contributed by atoms with Crippen LogP contribution < -0.4 is 4.74 Å². The predicted molar refractivity (Wildman–Crippen MR) is 123 cm³/mol. The third kappa shape index (κ3) is 6.41. The molecule has 1 unspecified atom stereocenters. The van der Waals surface area contributed by atoms with Gasteiger partial charge in [0.25, 0.3) is 0 Å². The first-order chi connectivity index (χ1) is 15.3. The first-order valence-corrected chi connectivity index (χ1v) is 11.1. The average molecular weight is 418 g/mol. The summed E-state index contributed by atoms with van der Waals surface area (Å²) >= 11 is 0. The molecule has 0 spiro atoms. The molecule has 162 valence electrons. The first kappa shape index (κ1) is 21.6. The zero-order valence-corrected chi connectivity index (χ0v) is 18.0. The zero-order chi connectivity index (χ0) is 21.3. The van der Waals surface area contributed by atoms with Gasteiger partial charge in [-0.25, -0.2) is 0 Å². The molecule has 1 aliphatic rings. The van der Waals surface area contributed by atoms with Crippen molar-refractivity contribution in [2.24, 2.45) is 0 Å². The van der Waals surface area contributed by atoms with E-state index in [1.165, 1.54) is 11.1 Å². The lowest BCUT2D eigenvalue weighted by atomic mass is 10.1. The van der Waals surface area contributed by atoms with Crippen molar-refractivity contribution in [1.29, 1.82) is 0 Å². The first-order valence-electron chi connectivity index (χ1n) is 11.1. The van der Waals surface area contributed by atoms with Crippen LogP contribution in [-0.4, -0.2) is 29.3 Å². The number of hydrogen-bond donors (Lipinski definition) is 1. The fourth-order valence-electron chi connectivity index (χ4n) is 4.07. The molecule has 1 atom stereocenters. The van der Waals surface area contributed by atoms with Crippen LogP contribution in [0.1, 0.15) is 35.1 Å². The van der Waals surface area contributed by atoms with Crippen molar-refractivity contribution in [3.05, 3.63) is 101 Å². The minimum absolute atomic E-state index is 0.0575. The lowest BCUT2D eigenvalue weighted by molar-refractivity contribution is 0.0679. The maximum Gasteiger partial charge on any atom is 0.119 e. The Balaban J connectivity index is 1.47. The monoisotopic (exact) mass is 417 g/mol. The number of rotatable bonds is 10. The summed E-state index contributed by atoms with van der Waals surface area (Å²) in [5.74, 6) is 0.892. The Kier molecular flexibility index (Phi) is 7.72. The molecule has 1 heterocycles. The Labute approximate surface area is 185 Å². The number of nitrogens with zero attached hydrogens (tertiary/aromatic N) is 1. The number of aliphatic hydroxyl groups is 1. The molecule has 0 bridgehead atoms. The Morgan fingerprint density at radius 3 is 2.35 bits per heavy atom. The topological polar surface area (TPSA) is 41.9 Å². The van der Waals surface area contributed by atoms with Crippen molar-refractivity contribution in [3.8, 4) is 5.75 Å². The molecule has 1 fully saturated rings. The van der Waals surface area contributed by atoms with Crippen molar-refractivity contribution in [3.63, 3.8) is 0 Å². The summed E-state index contributed by atoms with van der Waals surface area (Å²) in [6, 6.07) is 27.0. The molecule has 0 aliphatic carbocycles. The molecule has 4 nitrogen and oxygen atoms in total. The van der Waals surface area contributed by atoms with Crippen molar-refractivity contribution in [1.82, 2.24) is 4.90 Å². The second-order valence-corrected chi connectivity index (χ2v) is 8.15. The lowest BCUT2D eigenvalue weighted by Gasteiger charge is -2.24. The Bertz CT molecular complexity index is 938. The average Bonchev–Trinajstić information content (AvgIpc) is 3.33. The zero-order valence-electron chi connectivity index (χ0n) is 18.0. The highest BCUT2D eigenvalue weighted by Crippen LogP contribution is 2.21. The molecular formula is C27H31NO3. The van der Waals surface area contributed by atoms with Crippen molar-refractivity contribution in [2.45, 2.75) is 45.2 Å². The van der Waals surface area contributed by atoms with Crippen molar-refractivity contribution < 1.29 is 14.6 Å². The fourth-order valence-corrected chi connectivity index (χ4v) is 4.07. The summed E-state index contributed by atoms with van der Waals surface area (Å²) in [6.45, 7) is 3.92. The molecule has 4 rings (SSSR count). The molecule has 0 amide bonds. The van der Waals surface area contributed by atoms with Gasteiger partial charge in [-0.3, -0.25) is 4.90 Å². The van der Waals surface area contributed by atoms with E-state index in [4.69, 9.17) is 9.47 Å². The molecule has 31 heavy (non-hydrogen) atoms. The van der Waals surface area contributed by atoms with Gasteiger partial charge in [0.1, 0.15) is 12.4 Å². The number of benzene rings is 3. The van der Waals surface area contributed by atoms with Gasteiger partial charge in [-0.15, -0.1) is 0 Å². The van der Waals surface area contributed by atoms with E-state index in [9.17, 15) is 5.11 Å². The standard InChI is InChI=1S/C27H31NO3/c29-20-25-12-5-4-11-24(25)19-28(17-22-8-2-1-3-9-22)18-23-10-6-13-26(16-23)31-21-27-14-7-15-30-27/h1-6,8-13,16,27,29H,7,14-15,17-21H2. The lowest BCUT2D eigenvalue weighted by Crippen LogP contribution is -2.23. The van der Waals surface area contributed by atoms with E-state index in [2.05, 4.69) is 53.4 Å². The van der Waals surface area contributed by atoms with Gasteiger partial charge in [-0.2, -0.15) is 0 Å². The number of ether oxygens (including phenoxy) is 2. The molecule has 0 radical (unpaired) electrons. The summed E-state index contributed by atoms with van der Waals surface area (Å²) < 4.78 is 11.7. The maximum atomic E-state index is 9.75. The minimum Gasteiger partial charge on any atom is -0.491 e. The summed E-state index contributed by atoms with van der Waals surface area (Å²) in [6.07, 6.45) is 2.42. The van der Waals surface area contributed by atoms with Crippen LogP contribution in [0.3, 0.4) is 0 Å². The van der Waals surface area contributed by atoms with Crippen LogP contribution >= 0.6 is 0 Å². The highest BCUT2D eigenvalue weighted by molar-refractivity contribution is 5.30. The molecule has 1 aliphatic heterocycles. The van der Waals surface area contributed by atoms with Crippen LogP contribution in [0, 0.1) is 0 Å². The van der Waals surface area contributed by atoms with E-state index in [1.54, 1.807) is 0 Å². The van der Waals surface area contributed by atoms with Crippen LogP contribution in [0.15, 0.2) is 78.9 Å². The van der Waals surface area contributed by atoms with Gasteiger partial charge in [0.05, 0.1) is 12.7 Å². The fraction of sp³-hybridized carbons (Fsp3) is 0.333. The largest absolute Gasteiger partial charge is 0.491 e. The van der Waals surface area contributed by atoms with E-state index in [1.807, 2.05) is 30.3 Å². The van der Waals surface area contributed by atoms with Gasteiger partial charge < -0.3 is 14.6 Å². The second-order valence-electron chi connectivity index (χ2n) is 8.15. The second kappa shape index (κ2) is 11.1. The van der Waals surface area contributed by atoms with Gasteiger partial charge >= 0.3 is 0 Å². The van der Waals surface area contributed by atoms with E-state index >= 15 is 0 Å². The van der Waals surface area contributed by atoms with E-state index < -0.39 is 0 Å². The van der Waals surface area contributed by atoms with Crippen LogP contribution in [0.25, 0.3) is 0 Å². The summed E-state index contributed by atoms with van der Waals surface area (Å²) in [5.41, 5.74) is 4.62. The van der Waals surface area contributed by atoms with Gasteiger partial charge in [0, 0.05) is 26.2 Å². The van der Waals surface area contributed by atoms with Gasteiger partial charge in [0.2, 0.25) is 0 Å². The summed E-state index contributed by atoms with van der Waals surface area (Å²) in [4.78, 5) is 2.41. The molecule has 1 saturated heterocycles. The molecular weight excluding hydrogens is 386 g/mol. The van der Waals surface area contributed by atoms with Crippen molar-refractivity contribution in [2.75, 3.05) is 13.2 Å². The molecule has 3 aromatic rings. The van der Waals surface area contributed by atoms with E-state index in [0.29, 0.717) is 6.61 Å². The van der Waals surface area contributed by atoms with Crippen LogP contribution in [0.5, 0.6) is 5.75 Å². The van der Waals surface area contributed by atoms with Crippen LogP contribution in [0.4, 0.5) is 0 Å².